The molecular weight excluding hydrogens is 384 g/mol. The quantitative estimate of drug-likeness (QED) is 0.855. The van der Waals surface area contributed by atoms with E-state index in [1.165, 1.54) is 6.07 Å². The average Bonchev–Trinajstić information content (AvgIpc) is 2.64. The Morgan fingerprint density at radius 3 is 2.47 bits per heavy atom. The highest BCUT2D eigenvalue weighted by molar-refractivity contribution is 9.11. The Kier molecular flexibility index (Phi) is 4.14. The number of hydrogen-bond acceptors (Lipinski definition) is 3. The Hall–Kier alpha value is -0.700. The molecule has 0 atom stereocenters. The minimum atomic E-state index is -3.96. The maximum absolute atomic E-state index is 13.4. The Labute approximate surface area is 125 Å². The summed E-state index contributed by atoms with van der Waals surface area (Å²) in [5.74, 6) is -1.78. The summed E-state index contributed by atoms with van der Waals surface area (Å²) >= 11 is 9.71. The van der Waals surface area contributed by atoms with Crippen molar-refractivity contribution in [3.8, 4) is 0 Å². The molecule has 102 valence electrons. The van der Waals surface area contributed by atoms with Crippen LogP contribution >= 0.6 is 38.9 Å². The van der Waals surface area contributed by atoms with Crippen molar-refractivity contribution < 1.29 is 17.2 Å². The molecule has 0 aliphatic carbocycles. The molecule has 1 heterocycles. The molecule has 0 spiro atoms. The van der Waals surface area contributed by atoms with Crippen molar-refractivity contribution in [1.82, 2.24) is 0 Å². The molecule has 1 aromatic heterocycles. The van der Waals surface area contributed by atoms with Crippen LogP contribution in [0.1, 0.15) is 0 Å². The Morgan fingerprint density at radius 2 is 1.95 bits per heavy atom. The van der Waals surface area contributed by atoms with E-state index in [2.05, 4.69) is 15.9 Å². The number of benzene rings is 1. The number of nitrogens with one attached hydrogen (secondary N) is 1. The minimum Gasteiger partial charge on any atom is -0.276 e. The summed E-state index contributed by atoms with van der Waals surface area (Å²) < 4.78 is 52.4. The molecule has 1 N–H and O–H groups in total. The minimum absolute atomic E-state index is 0.0758. The third-order valence-corrected chi connectivity index (χ3v) is 6.38. The Balaban J connectivity index is 2.36. The van der Waals surface area contributed by atoms with Gasteiger partial charge in [0.1, 0.15) is 15.8 Å². The second kappa shape index (κ2) is 5.35. The molecule has 0 saturated heterocycles. The molecule has 0 fully saturated rings. The standard InChI is InChI=1S/C10H5BrClF2NO2S2/c11-10-6(12)4-9(18-10)19(16,17)15-8-2-1-5(13)3-7(8)14/h1-4,15H. The first-order chi connectivity index (χ1) is 8.79. The van der Waals surface area contributed by atoms with Gasteiger partial charge in [-0.1, -0.05) is 11.6 Å². The van der Waals surface area contributed by atoms with E-state index in [0.29, 0.717) is 9.85 Å². The molecule has 0 aliphatic heterocycles. The average molecular weight is 389 g/mol. The lowest BCUT2D eigenvalue weighted by atomic mass is 10.3. The summed E-state index contributed by atoms with van der Waals surface area (Å²) in [6, 6.07) is 3.79. The molecule has 9 heteroatoms. The zero-order valence-corrected chi connectivity index (χ0v) is 12.9. The van der Waals surface area contributed by atoms with Crippen LogP contribution in [-0.4, -0.2) is 8.42 Å². The van der Waals surface area contributed by atoms with E-state index in [1.54, 1.807) is 0 Å². The maximum atomic E-state index is 13.4. The van der Waals surface area contributed by atoms with Gasteiger partial charge in [-0.05, 0) is 34.1 Å². The first-order valence-electron chi connectivity index (χ1n) is 4.72. The van der Waals surface area contributed by atoms with Gasteiger partial charge in [0.05, 0.1) is 14.5 Å². The SMILES string of the molecule is O=S(=O)(Nc1ccc(F)cc1F)c1cc(Cl)c(Br)s1. The van der Waals surface area contributed by atoms with Crippen LogP contribution in [0.2, 0.25) is 5.02 Å². The summed E-state index contributed by atoms with van der Waals surface area (Å²) in [6.07, 6.45) is 0. The van der Waals surface area contributed by atoms with Crippen LogP contribution < -0.4 is 4.72 Å². The fourth-order valence-electron chi connectivity index (χ4n) is 1.23. The number of thiophene rings is 1. The second-order valence-electron chi connectivity index (χ2n) is 3.42. The molecule has 0 radical (unpaired) electrons. The summed E-state index contributed by atoms with van der Waals surface area (Å²) in [7, 11) is -3.96. The summed E-state index contributed by atoms with van der Waals surface area (Å²) in [6.45, 7) is 0. The third kappa shape index (κ3) is 3.25. The monoisotopic (exact) mass is 387 g/mol. The van der Waals surface area contributed by atoms with E-state index in [1.807, 2.05) is 4.72 Å². The molecule has 3 nitrogen and oxygen atoms in total. The highest BCUT2D eigenvalue weighted by Gasteiger charge is 2.20. The molecule has 0 amide bonds. The number of hydrogen-bond donors (Lipinski definition) is 1. The summed E-state index contributed by atoms with van der Waals surface area (Å²) in [4.78, 5) is 0. The molecule has 0 saturated carbocycles. The van der Waals surface area contributed by atoms with Crippen LogP contribution in [0.5, 0.6) is 0 Å². The van der Waals surface area contributed by atoms with Gasteiger partial charge in [0.15, 0.2) is 0 Å². The fourth-order valence-corrected chi connectivity index (χ4v) is 4.69. The van der Waals surface area contributed by atoms with Gasteiger partial charge in [-0.15, -0.1) is 11.3 Å². The van der Waals surface area contributed by atoms with Crippen molar-refractivity contribution in [2.75, 3.05) is 4.72 Å². The lowest BCUT2D eigenvalue weighted by molar-refractivity contribution is 0.583. The highest BCUT2D eigenvalue weighted by Crippen LogP contribution is 2.35. The van der Waals surface area contributed by atoms with Crippen LogP contribution in [0.4, 0.5) is 14.5 Å². The molecule has 0 bridgehead atoms. The van der Waals surface area contributed by atoms with Crippen molar-refractivity contribution in [3.05, 3.63) is 44.7 Å². The van der Waals surface area contributed by atoms with Crippen molar-refractivity contribution in [1.29, 1.82) is 0 Å². The lowest BCUT2D eigenvalue weighted by Gasteiger charge is -2.06. The van der Waals surface area contributed by atoms with Crippen molar-refractivity contribution >= 4 is 54.6 Å². The number of rotatable bonds is 3. The smallest absolute Gasteiger partial charge is 0.271 e. The van der Waals surface area contributed by atoms with E-state index in [0.717, 1.165) is 23.5 Å². The second-order valence-corrected chi connectivity index (χ2v) is 8.10. The maximum Gasteiger partial charge on any atom is 0.271 e. The molecule has 19 heavy (non-hydrogen) atoms. The predicted octanol–water partition coefficient (Wildman–Crippen LogP) is 4.24. The zero-order chi connectivity index (χ0) is 14.2. The van der Waals surface area contributed by atoms with Crippen LogP contribution in [-0.2, 0) is 10.0 Å². The van der Waals surface area contributed by atoms with Crippen LogP contribution in [0.25, 0.3) is 0 Å². The van der Waals surface area contributed by atoms with Gasteiger partial charge in [0.25, 0.3) is 10.0 Å². The molecule has 0 aliphatic rings. The van der Waals surface area contributed by atoms with Gasteiger partial charge in [0, 0.05) is 6.07 Å². The molecule has 1 aromatic carbocycles. The predicted molar refractivity (Wildman–Crippen MR) is 74.2 cm³/mol. The zero-order valence-electron chi connectivity index (χ0n) is 8.95. The van der Waals surface area contributed by atoms with E-state index < -0.39 is 21.7 Å². The lowest BCUT2D eigenvalue weighted by Crippen LogP contribution is -2.12. The summed E-state index contributed by atoms with van der Waals surface area (Å²) in [5, 5.41) is 0.241. The van der Waals surface area contributed by atoms with Gasteiger partial charge >= 0.3 is 0 Å². The van der Waals surface area contributed by atoms with Crippen LogP contribution in [0.3, 0.4) is 0 Å². The first-order valence-corrected chi connectivity index (χ1v) is 8.19. The topological polar surface area (TPSA) is 46.2 Å². The van der Waals surface area contributed by atoms with E-state index >= 15 is 0 Å². The van der Waals surface area contributed by atoms with Gasteiger partial charge in [-0.2, -0.15) is 0 Å². The third-order valence-electron chi connectivity index (χ3n) is 2.06. The Bertz CT molecular complexity index is 714. The first kappa shape index (κ1) is 14.7. The van der Waals surface area contributed by atoms with Gasteiger partial charge < -0.3 is 0 Å². The number of halogens is 4. The fraction of sp³-hybridized carbons (Fsp3) is 0. The van der Waals surface area contributed by atoms with Gasteiger partial charge in [0.2, 0.25) is 0 Å². The van der Waals surface area contributed by atoms with E-state index in [4.69, 9.17) is 11.6 Å². The summed E-state index contributed by atoms with van der Waals surface area (Å²) in [5.41, 5.74) is -0.331. The molecular formula is C10H5BrClF2NO2S2. The normalized spacial score (nSPS) is 11.6. The van der Waals surface area contributed by atoms with Crippen molar-refractivity contribution in [2.45, 2.75) is 4.21 Å². The van der Waals surface area contributed by atoms with Gasteiger partial charge in [-0.3, -0.25) is 4.72 Å². The van der Waals surface area contributed by atoms with Crippen molar-refractivity contribution in [3.63, 3.8) is 0 Å². The Morgan fingerprint density at radius 1 is 1.26 bits per heavy atom. The van der Waals surface area contributed by atoms with E-state index in [9.17, 15) is 17.2 Å². The number of sulfonamides is 1. The van der Waals surface area contributed by atoms with Gasteiger partial charge in [-0.25, -0.2) is 17.2 Å². The van der Waals surface area contributed by atoms with Crippen LogP contribution in [0.15, 0.2) is 32.3 Å². The molecule has 2 aromatic rings. The van der Waals surface area contributed by atoms with E-state index in [-0.39, 0.29) is 14.9 Å². The highest BCUT2D eigenvalue weighted by atomic mass is 79.9. The molecule has 0 unspecified atom stereocenters. The molecule has 2 rings (SSSR count). The largest absolute Gasteiger partial charge is 0.276 e. The van der Waals surface area contributed by atoms with Crippen molar-refractivity contribution in [2.24, 2.45) is 0 Å². The van der Waals surface area contributed by atoms with Crippen LogP contribution in [0, 0.1) is 11.6 Å². The number of anilines is 1.